The molecule has 3 nitrogen and oxygen atoms in total. The minimum Gasteiger partial charge on any atom is -0.379 e. The number of ether oxygens (including phenoxy) is 1. The molecular formula is C7H18N2OS. The minimum absolute atomic E-state index is 0.619. The average Bonchev–Trinajstić information content (AvgIpc) is 2.03. The van der Waals surface area contributed by atoms with Gasteiger partial charge in [0.25, 0.3) is 0 Å². The summed E-state index contributed by atoms with van der Waals surface area (Å²) < 4.78 is 5.19. The van der Waals surface area contributed by atoms with Crippen molar-refractivity contribution in [2.45, 2.75) is 6.42 Å². The molecule has 0 unspecified atom stereocenters. The highest BCUT2D eigenvalue weighted by Crippen LogP contribution is 2.00. The quantitative estimate of drug-likeness (QED) is 0.515. The van der Waals surface area contributed by atoms with E-state index in [0.717, 1.165) is 31.1 Å². The lowest BCUT2D eigenvalue weighted by atomic mass is 10.5. The van der Waals surface area contributed by atoms with Crippen molar-refractivity contribution in [2.24, 2.45) is 11.5 Å². The summed E-state index contributed by atoms with van der Waals surface area (Å²) in [6.07, 6.45) is 1.10. The zero-order valence-corrected chi connectivity index (χ0v) is 7.74. The highest BCUT2D eigenvalue weighted by Gasteiger charge is 1.88. The van der Waals surface area contributed by atoms with Gasteiger partial charge in [0.05, 0.1) is 13.2 Å². The number of thioether (sulfide) groups is 1. The van der Waals surface area contributed by atoms with Crippen LogP contribution in [-0.2, 0) is 4.74 Å². The van der Waals surface area contributed by atoms with Gasteiger partial charge in [0, 0.05) is 12.3 Å². The van der Waals surface area contributed by atoms with Crippen LogP contribution in [0.4, 0.5) is 0 Å². The molecule has 0 radical (unpaired) electrons. The molecule has 4 N–H and O–H groups in total. The summed E-state index contributed by atoms with van der Waals surface area (Å²) in [4.78, 5) is 0. The third-order valence-corrected chi connectivity index (χ3v) is 2.16. The Labute approximate surface area is 72.8 Å². The van der Waals surface area contributed by atoms with Crippen LogP contribution < -0.4 is 11.5 Å². The number of rotatable bonds is 8. The predicted octanol–water partition coefficient (Wildman–Crippen LogP) is 0.0437. The lowest BCUT2D eigenvalue weighted by Crippen LogP contribution is -2.10. The normalized spacial score (nSPS) is 10.4. The van der Waals surface area contributed by atoms with Crippen molar-refractivity contribution in [1.82, 2.24) is 0 Å². The zero-order valence-electron chi connectivity index (χ0n) is 6.92. The first kappa shape index (κ1) is 11.2. The van der Waals surface area contributed by atoms with E-state index in [1.807, 2.05) is 11.8 Å². The summed E-state index contributed by atoms with van der Waals surface area (Å²) in [6.45, 7) is 2.90. The molecule has 0 spiro atoms. The Bertz CT molecular complexity index is 65.5. The molecule has 0 saturated heterocycles. The Morgan fingerprint density at radius 1 is 1.00 bits per heavy atom. The van der Waals surface area contributed by atoms with E-state index in [9.17, 15) is 0 Å². The molecule has 68 valence electrons. The molecule has 4 heteroatoms. The number of hydrogen-bond acceptors (Lipinski definition) is 4. The Balaban J connectivity index is 2.69. The molecule has 0 aromatic carbocycles. The van der Waals surface area contributed by atoms with E-state index in [2.05, 4.69) is 0 Å². The highest BCUT2D eigenvalue weighted by molar-refractivity contribution is 7.99. The monoisotopic (exact) mass is 178 g/mol. The van der Waals surface area contributed by atoms with Crippen LogP contribution in [0, 0.1) is 0 Å². The van der Waals surface area contributed by atoms with E-state index in [0.29, 0.717) is 13.2 Å². The molecule has 0 saturated carbocycles. The molecule has 0 aliphatic carbocycles. The molecule has 0 atom stereocenters. The molecule has 0 heterocycles. The van der Waals surface area contributed by atoms with Crippen LogP contribution in [-0.4, -0.2) is 37.8 Å². The topological polar surface area (TPSA) is 61.3 Å². The third-order valence-electron chi connectivity index (χ3n) is 1.13. The van der Waals surface area contributed by atoms with Gasteiger partial charge < -0.3 is 16.2 Å². The number of hydrogen-bond donors (Lipinski definition) is 2. The smallest absolute Gasteiger partial charge is 0.0589 e. The van der Waals surface area contributed by atoms with Crippen molar-refractivity contribution < 1.29 is 4.74 Å². The second-order valence-corrected chi connectivity index (χ2v) is 3.38. The Hall–Kier alpha value is 0.230. The fraction of sp³-hybridized carbons (Fsp3) is 1.00. The Kier molecular flexibility index (Phi) is 10.4. The van der Waals surface area contributed by atoms with Crippen LogP contribution in [0.15, 0.2) is 0 Å². The molecule has 0 aromatic heterocycles. The maximum absolute atomic E-state index is 5.33. The summed E-state index contributed by atoms with van der Waals surface area (Å²) >= 11 is 1.88. The van der Waals surface area contributed by atoms with Crippen LogP contribution in [0.5, 0.6) is 0 Å². The summed E-state index contributed by atoms with van der Waals surface area (Å²) in [5.41, 5.74) is 10.6. The van der Waals surface area contributed by atoms with Crippen molar-refractivity contribution in [3.8, 4) is 0 Å². The Morgan fingerprint density at radius 2 is 1.82 bits per heavy atom. The largest absolute Gasteiger partial charge is 0.379 e. The van der Waals surface area contributed by atoms with Crippen LogP contribution in [0.25, 0.3) is 0 Å². The van der Waals surface area contributed by atoms with Gasteiger partial charge >= 0.3 is 0 Å². The molecule has 11 heavy (non-hydrogen) atoms. The highest BCUT2D eigenvalue weighted by atomic mass is 32.2. The van der Waals surface area contributed by atoms with Crippen molar-refractivity contribution >= 4 is 11.8 Å². The molecular weight excluding hydrogens is 160 g/mol. The summed E-state index contributed by atoms with van der Waals surface area (Å²) in [7, 11) is 0. The second kappa shape index (κ2) is 10.2. The van der Waals surface area contributed by atoms with E-state index in [1.54, 1.807) is 0 Å². The summed E-state index contributed by atoms with van der Waals surface area (Å²) in [5, 5.41) is 0. The van der Waals surface area contributed by atoms with E-state index in [1.165, 1.54) is 0 Å². The van der Waals surface area contributed by atoms with Crippen LogP contribution >= 0.6 is 11.8 Å². The molecule has 0 aliphatic rings. The first-order valence-corrected chi connectivity index (χ1v) is 5.13. The van der Waals surface area contributed by atoms with Crippen molar-refractivity contribution in [3.05, 3.63) is 0 Å². The molecule has 0 rings (SSSR count). The van der Waals surface area contributed by atoms with Gasteiger partial charge in [-0.3, -0.25) is 0 Å². The summed E-state index contributed by atoms with van der Waals surface area (Å²) in [5.74, 6) is 2.20. The van der Waals surface area contributed by atoms with Gasteiger partial charge in [0.1, 0.15) is 0 Å². The Morgan fingerprint density at radius 3 is 2.45 bits per heavy atom. The van der Waals surface area contributed by atoms with Gasteiger partial charge in [0.15, 0.2) is 0 Å². The van der Waals surface area contributed by atoms with E-state index >= 15 is 0 Å². The van der Waals surface area contributed by atoms with E-state index in [4.69, 9.17) is 16.2 Å². The van der Waals surface area contributed by atoms with Gasteiger partial charge in [-0.25, -0.2) is 0 Å². The molecule has 0 aromatic rings. The lowest BCUT2D eigenvalue weighted by molar-refractivity contribution is 0.158. The predicted molar refractivity (Wildman–Crippen MR) is 50.9 cm³/mol. The lowest BCUT2D eigenvalue weighted by Gasteiger charge is -2.01. The fourth-order valence-corrected chi connectivity index (χ4v) is 1.40. The fourth-order valence-electron chi connectivity index (χ4n) is 0.591. The molecule has 0 amide bonds. The number of nitrogens with two attached hydrogens (primary N) is 2. The summed E-state index contributed by atoms with van der Waals surface area (Å²) in [6, 6.07) is 0. The van der Waals surface area contributed by atoms with Crippen molar-refractivity contribution in [3.63, 3.8) is 0 Å². The van der Waals surface area contributed by atoms with Gasteiger partial charge in [-0.05, 0) is 18.7 Å². The maximum Gasteiger partial charge on any atom is 0.0589 e. The van der Waals surface area contributed by atoms with Crippen LogP contribution in [0.2, 0.25) is 0 Å². The van der Waals surface area contributed by atoms with Crippen molar-refractivity contribution in [2.75, 3.05) is 37.8 Å². The van der Waals surface area contributed by atoms with E-state index < -0.39 is 0 Å². The average molecular weight is 178 g/mol. The van der Waals surface area contributed by atoms with Gasteiger partial charge in [-0.1, -0.05) is 0 Å². The molecule has 0 bridgehead atoms. The van der Waals surface area contributed by atoms with Crippen LogP contribution in [0.3, 0.4) is 0 Å². The molecule has 0 aliphatic heterocycles. The van der Waals surface area contributed by atoms with Gasteiger partial charge in [0.2, 0.25) is 0 Å². The van der Waals surface area contributed by atoms with Crippen LogP contribution in [0.1, 0.15) is 6.42 Å². The third kappa shape index (κ3) is 10.2. The van der Waals surface area contributed by atoms with Gasteiger partial charge in [-0.2, -0.15) is 11.8 Å². The first-order chi connectivity index (χ1) is 5.41. The zero-order chi connectivity index (χ0) is 8.36. The van der Waals surface area contributed by atoms with Crippen molar-refractivity contribution in [1.29, 1.82) is 0 Å². The first-order valence-electron chi connectivity index (χ1n) is 3.97. The SMILES string of the molecule is NCCCSCCOCCN. The van der Waals surface area contributed by atoms with E-state index in [-0.39, 0.29) is 0 Å². The second-order valence-electron chi connectivity index (χ2n) is 2.16. The molecule has 0 fully saturated rings. The standard InChI is InChI=1S/C7H18N2OS/c8-2-1-6-11-7-5-10-4-3-9/h1-9H2. The van der Waals surface area contributed by atoms with Gasteiger partial charge in [-0.15, -0.1) is 0 Å². The maximum atomic E-state index is 5.33. The minimum atomic E-state index is 0.619.